The van der Waals surface area contributed by atoms with Gasteiger partial charge in [0.15, 0.2) is 9.84 Å². The first-order valence-electron chi connectivity index (χ1n) is 6.87. The Bertz CT molecular complexity index is 816. The maximum atomic E-state index is 12.7. The number of hydrogen-bond acceptors (Lipinski definition) is 3. The maximum Gasteiger partial charge on any atom is 0.243 e. The minimum atomic E-state index is -3.74. The van der Waals surface area contributed by atoms with Crippen molar-refractivity contribution in [3.63, 3.8) is 0 Å². The van der Waals surface area contributed by atoms with Gasteiger partial charge in [0.2, 0.25) is 5.91 Å². The van der Waals surface area contributed by atoms with Gasteiger partial charge in [-0.1, -0.05) is 29.8 Å². The van der Waals surface area contributed by atoms with Crippen LogP contribution < -0.4 is 5.32 Å². The van der Waals surface area contributed by atoms with E-state index in [1.165, 1.54) is 24.3 Å². The second-order valence-electron chi connectivity index (χ2n) is 5.17. The molecule has 114 valence electrons. The molecule has 1 aliphatic heterocycles. The van der Waals surface area contributed by atoms with Crippen molar-refractivity contribution in [3.05, 3.63) is 59.1 Å². The molecule has 2 aromatic carbocycles. The number of hydrogen-bond donors (Lipinski definition) is 1. The van der Waals surface area contributed by atoms with Gasteiger partial charge in [0, 0.05) is 10.7 Å². The lowest BCUT2D eigenvalue weighted by molar-refractivity contribution is -0.115. The lowest BCUT2D eigenvalue weighted by Crippen LogP contribution is -2.34. The summed E-state index contributed by atoms with van der Waals surface area (Å²) in [4.78, 5) is 12.5. The summed E-state index contributed by atoms with van der Waals surface area (Å²) in [7, 11) is -3.74. The number of nitrogens with one attached hydrogen (secondary N) is 1. The van der Waals surface area contributed by atoms with Crippen LogP contribution in [-0.4, -0.2) is 19.6 Å². The van der Waals surface area contributed by atoms with E-state index >= 15 is 0 Å². The smallest absolute Gasteiger partial charge is 0.243 e. The van der Waals surface area contributed by atoms with Crippen molar-refractivity contribution in [2.24, 2.45) is 0 Å². The normalized spacial score (nSPS) is 18.2. The van der Waals surface area contributed by atoms with Crippen molar-refractivity contribution < 1.29 is 13.2 Å². The molecule has 22 heavy (non-hydrogen) atoms. The molecular formula is C16H14ClNO3S. The van der Waals surface area contributed by atoms with Gasteiger partial charge in [-0.3, -0.25) is 4.79 Å². The third-order valence-electron chi connectivity index (χ3n) is 3.76. The van der Waals surface area contributed by atoms with Gasteiger partial charge in [-0.05, 0) is 48.7 Å². The lowest BCUT2D eigenvalue weighted by atomic mass is 10.1. The van der Waals surface area contributed by atoms with E-state index in [0.29, 0.717) is 17.1 Å². The molecule has 0 bridgehead atoms. The summed E-state index contributed by atoms with van der Waals surface area (Å²) in [6.07, 6.45) is 0.792. The van der Waals surface area contributed by atoms with Crippen LogP contribution in [0, 0.1) is 0 Å². The SMILES string of the molecule is O=C1Nc2ccccc2CC[C@H]1S(=O)(=O)c1ccc(Cl)cc1. The van der Waals surface area contributed by atoms with Crippen LogP contribution in [0.25, 0.3) is 0 Å². The zero-order chi connectivity index (χ0) is 15.7. The Morgan fingerprint density at radius 3 is 2.45 bits per heavy atom. The summed E-state index contributed by atoms with van der Waals surface area (Å²) in [6.45, 7) is 0. The van der Waals surface area contributed by atoms with E-state index in [2.05, 4.69) is 5.32 Å². The van der Waals surface area contributed by atoms with Crippen LogP contribution in [0.1, 0.15) is 12.0 Å². The highest BCUT2D eigenvalue weighted by molar-refractivity contribution is 7.92. The molecule has 0 spiro atoms. The second kappa shape index (κ2) is 5.74. The van der Waals surface area contributed by atoms with E-state index in [9.17, 15) is 13.2 Å². The van der Waals surface area contributed by atoms with E-state index in [1.807, 2.05) is 18.2 Å². The zero-order valence-electron chi connectivity index (χ0n) is 11.6. The number of fused-ring (bicyclic) bond motifs is 1. The Balaban J connectivity index is 1.95. The molecule has 0 radical (unpaired) electrons. The van der Waals surface area contributed by atoms with Gasteiger partial charge in [0.1, 0.15) is 5.25 Å². The molecule has 1 aliphatic rings. The first-order chi connectivity index (χ1) is 10.5. The predicted octanol–water partition coefficient (Wildman–Crippen LogP) is 3.07. The van der Waals surface area contributed by atoms with Crippen molar-refractivity contribution >= 4 is 33.0 Å². The summed E-state index contributed by atoms with van der Waals surface area (Å²) in [5.41, 5.74) is 1.63. The third-order valence-corrected chi connectivity index (χ3v) is 6.14. The zero-order valence-corrected chi connectivity index (χ0v) is 13.2. The molecule has 0 aromatic heterocycles. The van der Waals surface area contributed by atoms with Gasteiger partial charge in [-0.25, -0.2) is 8.42 Å². The van der Waals surface area contributed by atoms with E-state index in [4.69, 9.17) is 11.6 Å². The van der Waals surface area contributed by atoms with Crippen LogP contribution in [0.3, 0.4) is 0 Å². The van der Waals surface area contributed by atoms with Crippen molar-refractivity contribution in [3.8, 4) is 0 Å². The quantitative estimate of drug-likeness (QED) is 0.917. The Kier molecular flexibility index (Phi) is 3.93. The van der Waals surface area contributed by atoms with Crippen molar-refractivity contribution in [1.29, 1.82) is 0 Å². The first-order valence-corrected chi connectivity index (χ1v) is 8.79. The van der Waals surface area contributed by atoms with Crippen LogP contribution >= 0.6 is 11.6 Å². The average Bonchev–Trinajstić information content (AvgIpc) is 2.66. The fraction of sp³-hybridized carbons (Fsp3) is 0.188. The highest BCUT2D eigenvalue weighted by Gasteiger charge is 2.35. The lowest BCUT2D eigenvalue weighted by Gasteiger charge is -2.14. The number of para-hydroxylation sites is 1. The van der Waals surface area contributed by atoms with E-state index in [1.54, 1.807) is 6.07 Å². The van der Waals surface area contributed by atoms with Crippen LogP contribution in [0.2, 0.25) is 5.02 Å². The first kappa shape index (κ1) is 15.1. The topological polar surface area (TPSA) is 63.2 Å². The number of halogens is 1. The number of amides is 1. The Labute approximate surface area is 134 Å². The minimum Gasteiger partial charge on any atom is -0.325 e. The fourth-order valence-electron chi connectivity index (χ4n) is 2.58. The summed E-state index contributed by atoms with van der Waals surface area (Å²) < 4.78 is 25.4. The molecular weight excluding hydrogens is 322 g/mol. The van der Waals surface area contributed by atoms with Crippen LogP contribution in [0.15, 0.2) is 53.4 Å². The second-order valence-corrected chi connectivity index (χ2v) is 7.74. The highest BCUT2D eigenvalue weighted by Crippen LogP contribution is 2.28. The van der Waals surface area contributed by atoms with Crippen LogP contribution in [0.4, 0.5) is 5.69 Å². The van der Waals surface area contributed by atoms with Crippen molar-refractivity contribution in [1.82, 2.24) is 0 Å². The summed E-state index contributed by atoms with van der Waals surface area (Å²) in [6, 6.07) is 13.3. The fourth-order valence-corrected chi connectivity index (χ4v) is 4.31. The molecule has 3 rings (SSSR count). The molecule has 0 saturated carbocycles. The minimum absolute atomic E-state index is 0.114. The van der Waals surface area contributed by atoms with Gasteiger partial charge >= 0.3 is 0 Å². The molecule has 1 amide bonds. The molecule has 0 fully saturated rings. The van der Waals surface area contributed by atoms with Gasteiger partial charge in [0.05, 0.1) is 4.90 Å². The molecule has 2 aromatic rings. The monoisotopic (exact) mass is 335 g/mol. The van der Waals surface area contributed by atoms with Crippen LogP contribution in [0.5, 0.6) is 0 Å². The molecule has 6 heteroatoms. The molecule has 0 unspecified atom stereocenters. The molecule has 0 saturated heterocycles. The third kappa shape index (κ3) is 2.74. The maximum absolute atomic E-state index is 12.7. The molecule has 1 atom stereocenters. The number of sulfone groups is 1. The molecule has 4 nitrogen and oxygen atoms in total. The number of carbonyl (C=O) groups is 1. The number of aryl methyl sites for hydroxylation is 1. The molecule has 1 heterocycles. The van der Waals surface area contributed by atoms with E-state index in [0.717, 1.165) is 5.56 Å². The number of carbonyl (C=O) groups excluding carboxylic acids is 1. The van der Waals surface area contributed by atoms with Gasteiger partial charge < -0.3 is 5.32 Å². The van der Waals surface area contributed by atoms with Crippen molar-refractivity contribution in [2.45, 2.75) is 23.0 Å². The summed E-state index contributed by atoms with van der Waals surface area (Å²) >= 11 is 5.79. The summed E-state index contributed by atoms with van der Waals surface area (Å²) in [5, 5.41) is 2.07. The van der Waals surface area contributed by atoms with Crippen molar-refractivity contribution in [2.75, 3.05) is 5.32 Å². The standard InChI is InChI=1S/C16H14ClNO3S/c17-12-6-8-13(9-7-12)22(20,21)15-10-5-11-3-1-2-4-14(11)18-16(15)19/h1-4,6-9,15H,5,10H2,(H,18,19)/t15-/m1/s1. The Hall–Kier alpha value is -1.85. The molecule has 1 N–H and O–H groups in total. The van der Waals surface area contributed by atoms with Crippen LogP contribution in [-0.2, 0) is 21.1 Å². The van der Waals surface area contributed by atoms with E-state index in [-0.39, 0.29) is 11.3 Å². The molecule has 0 aliphatic carbocycles. The van der Waals surface area contributed by atoms with E-state index < -0.39 is 21.0 Å². The largest absolute Gasteiger partial charge is 0.325 e. The summed E-state index contributed by atoms with van der Waals surface area (Å²) in [5.74, 6) is -0.486. The number of rotatable bonds is 2. The highest BCUT2D eigenvalue weighted by atomic mass is 35.5. The Morgan fingerprint density at radius 2 is 1.73 bits per heavy atom. The number of benzene rings is 2. The van der Waals surface area contributed by atoms with Gasteiger partial charge in [-0.2, -0.15) is 0 Å². The number of anilines is 1. The van der Waals surface area contributed by atoms with Gasteiger partial charge in [-0.15, -0.1) is 0 Å². The Morgan fingerprint density at radius 1 is 1.05 bits per heavy atom. The average molecular weight is 336 g/mol. The predicted molar refractivity (Wildman–Crippen MR) is 85.8 cm³/mol. The van der Waals surface area contributed by atoms with Gasteiger partial charge in [0.25, 0.3) is 0 Å².